The first kappa shape index (κ1) is 13.3. The molecule has 0 fully saturated rings. The number of pyridine rings is 1. The summed E-state index contributed by atoms with van der Waals surface area (Å²) in [4.78, 5) is 4.07. The molecule has 3 heteroatoms. The van der Waals surface area contributed by atoms with Crippen molar-refractivity contribution in [2.24, 2.45) is 0 Å². The minimum atomic E-state index is 0.964. The Labute approximate surface area is 130 Å². The predicted molar refractivity (Wildman–Crippen MR) is 91.5 cm³/mol. The Morgan fingerprint density at radius 2 is 2.05 bits per heavy atom. The van der Waals surface area contributed by atoms with Crippen LogP contribution in [0.15, 0.2) is 42.7 Å². The van der Waals surface area contributed by atoms with E-state index in [-0.39, 0.29) is 0 Å². The van der Waals surface area contributed by atoms with Crippen LogP contribution in [0, 0.1) is 6.92 Å². The van der Waals surface area contributed by atoms with Crippen LogP contribution in [0.3, 0.4) is 0 Å². The molecule has 4 rings (SSSR count). The van der Waals surface area contributed by atoms with E-state index in [4.69, 9.17) is 0 Å². The lowest BCUT2D eigenvalue weighted by atomic mass is 10.0. The van der Waals surface area contributed by atoms with Gasteiger partial charge >= 0.3 is 0 Å². The van der Waals surface area contributed by atoms with Crippen molar-refractivity contribution in [2.45, 2.75) is 19.9 Å². The fourth-order valence-electron chi connectivity index (χ4n) is 3.24. The summed E-state index contributed by atoms with van der Waals surface area (Å²) in [6.07, 6.45) is 9.08. The first-order valence-electron chi connectivity index (χ1n) is 7.74. The zero-order valence-electron chi connectivity index (χ0n) is 12.7. The first-order valence-corrected chi connectivity index (χ1v) is 7.74. The minimum Gasteiger partial charge on any atom is -0.320 e. The Morgan fingerprint density at radius 1 is 1.18 bits per heavy atom. The van der Waals surface area contributed by atoms with Gasteiger partial charge in [-0.05, 0) is 48.4 Å². The van der Waals surface area contributed by atoms with Gasteiger partial charge in [-0.1, -0.05) is 11.6 Å². The van der Waals surface area contributed by atoms with Crippen LogP contribution in [-0.4, -0.2) is 16.1 Å². The number of nitrogens with one attached hydrogen (secondary N) is 1. The lowest BCUT2D eigenvalue weighted by molar-refractivity contribution is 0.634. The molecule has 3 heterocycles. The van der Waals surface area contributed by atoms with Gasteiger partial charge in [0.05, 0.1) is 5.52 Å². The highest BCUT2D eigenvalue weighted by atomic mass is 15.0. The summed E-state index contributed by atoms with van der Waals surface area (Å²) in [5, 5.41) is 4.87. The molecule has 110 valence electrons. The second kappa shape index (κ2) is 5.43. The molecule has 1 N–H and O–H groups in total. The summed E-state index contributed by atoms with van der Waals surface area (Å²) < 4.78 is 2.35. The van der Waals surface area contributed by atoms with E-state index < -0.39 is 0 Å². The van der Waals surface area contributed by atoms with Crippen molar-refractivity contribution in [3.8, 4) is 0 Å². The van der Waals surface area contributed by atoms with Gasteiger partial charge in [-0.15, -0.1) is 0 Å². The number of aryl methyl sites for hydroxylation is 1. The number of benzene rings is 1. The largest absolute Gasteiger partial charge is 0.320 e. The van der Waals surface area contributed by atoms with E-state index in [0.717, 1.165) is 19.5 Å². The summed E-state index contributed by atoms with van der Waals surface area (Å²) in [7, 11) is 0. The second-order valence-electron chi connectivity index (χ2n) is 5.84. The van der Waals surface area contributed by atoms with Crippen LogP contribution in [0.1, 0.15) is 22.4 Å². The number of hydrogen-bond acceptors (Lipinski definition) is 2. The summed E-state index contributed by atoms with van der Waals surface area (Å²) in [5.74, 6) is 0. The average Bonchev–Trinajstić information content (AvgIpc) is 2.87. The third-order valence-corrected chi connectivity index (χ3v) is 4.34. The number of aromatic nitrogens is 2. The van der Waals surface area contributed by atoms with Gasteiger partial charge in [0.15, 0.2) is 0 Å². The molecule has 0 amide bonds. The highest BCUT2D eigenvalue weighted by Gasteiger charge is 2.18. The Bertz CT molecular complexity index is 844. The molecule has 3 aromatic rings. The van der Waals surface area contributed by atoms with E-state index in [2.05, 4.69) is 52.3 Å². The van der Waals surface area contributed by atoms with Gasteiger partial charge in [0.2, 0.25) is 0 Å². The van der Waals surface area contributed by atoms with Crippen molar-refractivity contribution in [3.05, 3.63) is 65.1 Å². The minimum absolute atomic E-state index is 0.964. The molecular formula is C19H19N3. The number of nitrogens with zero attached hydrogens (tertiary/aromatic N) is 2. The molecule has 1 aliphatic rings. The van der Waals surface area contributed by atoms with Crippen LogP contribution in [0.4, 0.5) is 0 Å². The van der Waals surface area contributed by atoms with E-state index in [0.29, 0.717) is 0 Å². The Balaban J connectivity index is 1.88. The van der Waals surface area contributed by atoms with Crippen molar-refractivity contribution < 1.29 is 0 Å². The van der Waals surface area contributed by atoms with E-state index >= 15 is 0 Å². The lowest BCUT2D eigenvalue weighted by Crippen LogP contribution is -2.24. The zero-order chi connectivity index (χ0) is 14.9. The maximum absolute atomic E-state index is 4.07. The van der Waals surface area contributed by atoms with Gasteiger partial charge in [0, 0.05) is 49.2 Å². The van der Waals surface area contributed by atoms with Crippen molar-refractivity contribution in [3.63, 3.8) is 0 Å². The van der Waals surface area contributed by atoms with Crippen molar-refractivity contribution >= 4 is 23.2 Å². The lowest BCUT2D eigenvalue weighted by Gasteiger charge is -2.15. The molecule has 2 aromatic heterocycles. The summed E-state index contributed by atoms with van der Waals surface area (Å²) in [5.41, 5.74) is 6.67. The second-order valence-corrected chi connectivity index (χ2v) is 5.84. The molecule has 0 radical (unpaired) electrons. The Morgan fingerprint density at radius 3 is 2.91 bits per heavy atom. The molecular weight excluding hydrogens is 270 g/mol. The van der Waals surface area contributed by atoms with Crippen LogP contribution in [0.5, 0.6) is 0 Å². The van der Waals surface area contributed by atoms with Crippen LogP contribution >= 0.6 is 0 Å². The fraction of sp³-hybridized carbons (Fsp3) is 0.211. The third-order valence-electron chi connectivity index (χ3n) is 4.34. The summed E-state index contributed by atoms with van der Waals surface area (Å²) in [6.45, 7) is 4.17. The molecule has 0 bridgehead atoms. The van der Waals surface area contributed by atoms with Gasteiger partial charge in [-0.3, -0.25) is 4.98 Å². The molecule has 22 heavy (non-hydrogen) atoms. The average molecular weight is 289 g/mol. The molecule has 0 spiro atoms. The van der Waals surface area contributed by atoms with Crippen LogP contribution in [0.2, 0.25) is 0 Å². The number of hydrogen-bond donors (Lipinski definition) is 1. The van der Waals surface area contributed by atoms with Gasteiger partial charge < -0.3 is 9.88 Å². The monoisotopic (exact) mass is 289 g/mol. The molecule has 0 saturated heterocycles. The molecule has 3 nitrogen and oxygen atoms in total. The van der Waals surface area contributed by atoms with Crippen molar-refractivity contribution in [1.82, 2.24) is 14.9 Å². The topological polar surface area (TPSA) is 29.9 Å². The molecule has 0 saturated carbocycles. The highest BCUT2D eigenvalue weighted by molar-refractivity contribution is 5.89. The number of fused-ring (bicyclic) bond motifs is 3. The van der Waals surface area contributed by atoms with Crippen LogP contribution in [-0.2, 0) is 13.0 Å². The maximum Gasteiger partial charge on any atom is 0.0528 e. The van der Waals surface area contributed by atoms with Crippen molar-refractivity contribution in [2.75, 3.05) is 6.54 Å². The normalized spacial score (nSPS) is 14.6. The Kier molecular flexibility index (Phi) is 3.28. The predicted octanol–water partition coefficient (Wildman–Crippen LogP) is 3.62. The fourth-order valence-corrected chi connectivity index (χ4v) is 3.24. The molecule has 0 unspecified atom stereocenters. The van der Waals surface area contributed by atoms with Crippen LogP contribution < -0.4 is 5.32 Å². The van der Waals surface area contributed by atoms with Gasteiger partial charge in [-0.2, -0.15) is 0 Å². The standard InChI is InChI=1S/C19H19N3/c1-14-2-3-18-16(12-14)17-13-21-10-6-19(17)22(18)11-7-15-4-8-20-9-5-15/h2-5,7-9,11-12,21H,6,10,13H2,1H3/b11-7+. The Hall–Kier alpha value is -2.39. The van der Waals surface area contributed by atoms with E-state index in [1.807, 2.05) is 24.5 Å². The van der Waals surface area contributed by atoms with Gasteiger partial charge in [0.25, 0.3) is 0 Å². The van der Waals surface area contributed by atoms with E-state index in [1.54, 1.807) is 0 Å². The first-order chi connectivity index (χ1) is 10.8. The van der Waals surface area contributed by atoms with Gasteiger partial charge in [-0.25, -0.2) is 0 Å². The quantitative estimate of drug-likeness (QED) is 0.781. The molecule has 1 aromatic carbocycles. The highest BCUT2D eigenvalue weighted by Crippen LogP contribution is 2.30. The van der Waals surface area contributed by atoms with Crippen LogP contribution in [0.25, 0.3) is 23.2 Å². The third kappa shape index (κ3) is 2.24. The molecule has 0 aliphatic carbocycles. The smallest absolute Gasteiger partial charge is 0.0528 e. The summed E-state index contributed by atoms with van der Waals surface area (Å²) in [6, 6.07) is 10.8. The molecule has 0 atom stereocenters. The number of rotatable bonds is 2. The van der Waals surface area contributed by atoms with Crippen molar-refractivity contribution in [1.29, 1.82) is 0 Å². The SMILES string of the molecule is Cc1ccc2c(c1)c1c(n2/C=C/c2ccncc2)CCNC1. The molecule has 1 aliphatic heterocycles. The zero-order valence-corrected chi connectivity index (χ0v) is 12.7. The van der Waals surface area contributed by atoms with E-state index in [1.165, 1.54) is 33.3 Å². The maximum atomic E-state index is 4.07. The van der Waals surface area contributed by atoms with E-state index in [9.17, 15) is 0 Å². The summed E-state index contributed by atoms with van der Waals surface area (Å²) >= 11 is 0. The van der Waals surface area contributed by atoms with Gasteiger partial charge in [0.1, 0.15) is 0 Å².